The maximum absolute atomic E-state index is 13.1. The summed E-state index contributed by atoms with van der Waals surface area (Å²) in [4.78, 5) is 23.7. The van der Waals surface area contributed by atoms with Crippen molar-refractivity contribution in [3.63, 3.8) is 0 Å². The van der Waals surface area contributed by atoms with Crippen LogP contribution in [0.25, 0.3) is 0 Å². The van der Waals surface area contributed by atoms with Crippen LogP contribution in [0.3, 0.4) is 0 Å². The second-order valence-corrected chi connectivity index (χ2v) is 5.74. The lowest BCUT2D eigenvalue weighted by molar-refractivity contribution is -0.118. The zero-order chi connectivity index (χ0) is 15.7. The largest absolute Gasteiger partial charge is 0.482 e. The van der Waals surface area contributed by atoms with Crippen molar-refractivity contribution >= 4 is 33.3 Å². The highest BCUT2D eigenvalue weighted by molar-refractivity contribution is 9.10. The van der Waals surface area contributed by atoms with Crippen molar-refractivity contribution < 1.29 is 18.7 Å². The Balaban J connectivity index is 1.83. The first-order valence-corrected chi connectivity index (χ1v) is 7.36. The van der Waals surface area contributed by atoms with Gasteiger partial charge in [-0.3, -0.25) is 9.59 Å². The van der Waals surface area contributed by atoms with Gasteiger partial charge in [0.05, 0.1) is 5.69 Å². The van der Waals surface area contributed by atoms with Crippen LogP contribution in [0.1, 0.15) is 15.9 Å². The molecule has 1 heterocycles. The van der Waals surface area contributed by atoms with Crippen LogP contribution in [-0.2, 0) is 11.2 Å². The molecule has 0 fully saturated rings. The lowest BCUT2D eigenvalue weighted by Gasteiger charge is -2.18. The van der Waals surface area contributed by atoms with Crippen molar-refractivity contribution in [3.05, 3.63) is 57.8 Å². The van der Waals surface area contributed by atoms with Gasteiger partial charge in [0, 0.05) is 16.5 Å². The Morgan fingerprint density at radius 3 is 2.86 bits per heavy atom. The molecule has 0 spiro atoms. The molecule has 2 aromatic rings. The number of ketones is 1. The van der Waals surface area contributed by atoms with Gasteiger partial charge in [-0.1, -0.05) is 22.0 Å². The second-order valence-electron chi connectivity index (χ2n) is 4.88. The quantitative estimate of drug-likeness (QED) is 0.850. The molecule has 0 saturated carbocycles. The predicted octanol–water partition coefficient (Wildman–Crippen LogP) is 3.34. The van der Waals surface area contributed by atoms with Crippen LogP contribution in [-0.4, -0.2) is 18.3 Å². The molecule has 0 saturated heterocycles. The zero-order valence-electron chi connectivity index (χ0n) is 11.4. The number of Topliss-reactive ketones (excluding diaryl/α,β-unsaturated/α-hetero) is 1. The van der Waals surface area contributed by atoms with Gasteiger partial charge in [-0.2, -0.15) is 0 Å². The van der Waals surface area contributed by atoms with E-state index in [1.54, 1.807) is 24.3 Å². The molecule has 22 heavy (non-hydrogen) atoms. The molecule has 0 aliphatic carbocycles. The number of fused-ring (bicyclic) bond motifs is 1. The highest BCUT2D eigenvalue weighted by Gasteiger charge is 2.18. The van der Waals surface area contributed by atoms with E-state index in [2.05, 4.69) is 21.2 Å². The third-order valence-corrected chi connectivity index (χ3v) is 4.04. The van der Waals surface area contributed by atoms with Gasteiger partial charge in [0.1, 0.15) is 11.6 Å². The maximum Gasteiger partial charge on any atom is 0.262 e. The molecule has 1 amide bonds. The van der Waals surface area contributed by atoms with Crippen LogP contribution in [0, 0.1) is 5.82 Å². The summed E-state index contributed by atoms with van der Waals surface area (Å²) in [5.74, 6) is -0.205. The Kier molecular flexibility index (Phi) is 3.94. The van der Waals surface area contributed by atoms with Gasteiger partial charge in [-0.15, -0.1) is 0 Å². The van der Waals surface area contributed by atoms with Gasteiger partial charge in [0.15, 0.2) is 12.4 Å². The smallest absolute Gasteiger partial charge is 0.262 e. The number of ether oxygens (including phenoxy) is 1. The van der Waals surface area contributed by atoms with Gasteiger partial charge >= 0.3 is 0 Å². The van der Waals surface area contributed by atoms with Crippen molar-refractivity contribution in [2.45, 2.75) is 6.42 Å². The fourth-order valence-corrected chi connectivity index (χ4v) is 2.69. The molecule has 0 aromatic heterocycles. The summed E-state index contributed by atoms with van der Waals surface area (Å²) < 4.78 is 18.9. The second kappa shape index (κ2) is 5.88. The number of nitrogens with one attached hydrogen (secondary N) is 1. The van der Waals surface area contributed by atoms with E-state index in [-0.39, 0.29) is 30.5 Å². The molecule has 4 nitrogen and oxygen atoms in total. The number of benzene rings is 2. The standard InChI is InChI=1S/C16H11BrFNO3/c17-12-7-11(18)3-1-9(12)6-14(20)10-2-4-15-13(5-10)19-16(21)8-22-15/h1-5,7H,6,8H2,(H,19,21). The molecular formula is C16H11BrFNO3. The lowest BCUT2D eigenvalue weighted by atomic mass is 10.0. The molecule has 112 valence electrons. The molecule has 6 heteroatoms. The number of halogens is 2. The van der Waals surface area contributed by atoms with Gasteiger partial charge in [0.2, 0.25) is 0 Å². The summed E-state index contributed by atoms with van der Waals surface area (Å²) >= 11 is 3.25. The van der Waals surface area contributed by atoms with Crippen LogP contribution in [0.15, 0.2) is 40.9 Å². The number of rotatable bonds is 3. The first kappa shape index (κ1) is 14.7. The van der Waals surface area contributed by atoms with Gasteiger partial charge < -0.3 is 10.1 Å². The summed E-state index contributed by atoms with van der Waals surface area (Å²) in [5.41, 5.74) is 1.64. The molecule has 1 aliphatic rings. The maximum atomic E-state index is 13.1. The molecular weight excluding hydrogens is 353 g/mol. The molecule has 0 unspecified atom stereocenters. The van der Waals surface area contributed by atoms with E-state index in [0.29, 0.717) is 27.0 Å². The fraction of sp³-hybridized carbons (Fsp3) is 0.125. The minimum absolute atomic E-state index is 0.0250. The Morgan fingerprint density at radius 2 is 2.09 bits per heavy atom. The first-order valence-electron chi connectivity index (χ1n) is 6.57. The third kappa shape index (κ3) is 3.01. The molecule has 2 aromatic carbocycles. The van der Waals surface area contributed by atoms with Crippen molar-refractivity contribution in [2.75, 3.05) is 11.9 Å². The lowest BCUT2D eigenvalue weighted by Crippen LogP contribution is -2.25. The number of amides is 1. The minimum atomic E-state index is -0.364. The summed E-state index contributed by atoms with van der Waals surface area (Å²) in [7, 11) is 0. The SMILES string of the molecule is O=C1COc2ccc(C(=O)Cc3ccc(F)cc3Br)cc2N1. The van der Waals surface area contributed by atoms with Crippen LogP contribution in [0.4, 0.5) is 10.1 Å². The zero-order valence-corrected chi connectivity index (χ0v) is 12.9. The van der Waals surface area contributed by atoms with Crippen molar-refractivity contribution in [2.24, 2.45) is 0 Å². The monoisotopic (exact) mass is 363 g/mol. The van der Waals surface area contributed by atoms with E-state index in [1.807, 2.05) is 0 Å². The van der Waals surface area contributed by atoms with E-state index in [1.165, 1.54) is 12.1 Å². The normalized spacial score (nSPS) is 13.1. The highest BCUT2D eigenvalue weighted by Crippen LogP contribution is 2.29. The number of carbonyl (C=O) groups excluding carboxylic acids is 2. The summed E-state index contributed by atoms with van der Waals surface area (Å²) in [6, 6.07) is 9.10. The average Bonchev–Trinajstić information content (AvgIpc) is 2.49. The van der Waals surface area contributed by atoms with Crippen LogP contribution >= 0.6 is 15.9 Å². The highest BCUT2D eigenvalue weighted by atomic mass is 79.9. The van der Waals surface area contributed by atoms with Crippen molar-refractivity contribution in [1.29, 1.82) is 0 Å². The number of hydrogen-bond donors (Lipinski definition) is 1. The van der Waals surface area contributed by atoms with Crippen LogP contribution in [0.5, 0.6) is 5.75 Å². The summed E-state index contributed by atoms with van der Waals surface area (Å²) in [6.07, 6.45) is 0.133. The average molecular weight is 364 g/mol. The molecule has 0 atom stereocenters. The topological polar surface area (TPSA) is 55.4 Å². The van der Waals surface area contributed by atoms with E-state index in [0.717, 1.165) is 0 Å². The summed E-state index contributed by atoms with van der Waals surface area (Å²) in [6.45, 7) is -0.0250. The van der Waals surface area contributed by atoms with Crippen LogP contribution in [0.2, 0.25) is 0 Å². The summed E-state index contributed by atoms with van der Waals surface area (Å²) in [5, 5.41) is 2.66. The first-order chi connectivity index (χ1) is 10.5. The van der Waals surface area contributed by atoms with E-state index >= 15 is 0 Å². The number of hydrogen-bond acceptors (Lipinski definition) is 3. The van der Waals surface area contributed by atoms with Crippen LogP contribution < -0.4 is 10.1 Å². The Labute approximate surface area is 134 Å². The Morgan fingerprint density at radius 1 is 1.27 bits per heavy atom. The van der Waals surface area contributed by atoms with E-state index in [4.69, 9.17) is 4.74 Å². The molecule has 0 bridgehead atoms. The molecule has 1 N–H and O–H groups in total. The minimum Gasteiger partial charge on any atom is -0.482 e. The van der Waals surface area contributed by atoms with Crippen molar-refractivity contribution in [1.82, 2.24) is 0 Å². The van der Waals surface area contributed by atoms with Gasteiger partial charge in [-0.05, 0) is 35.9 Å². The van der Waals surface area contributed by atoms with Gasteiger partial charge in [0.25, 0.3) is 5.91 Å². The molecule has 0 radical (unpaired) electrons. The van der Waals surface area contributed by atoms with Gasteiger partial charge in [-0.25, -0.2) is 4.39 Å². The van der Waals surface area contributed by atoms with Crippen molar-refractivity contribution in [3.8, 4) is 5.75 Å². The number of anilines is 1. The number of carbonyl (C=O) groups is 2. The molecule has 1 aliphatic heterocycles. The van der Waals surface area contributed by atoms with E-state index in [9.17, 15) is 14.0 Å². The fourth-order valence-electron chi connectivity index (χ4n) is 2.20. The predicted molar refractivity (Wildman–Crippen MR) is 82.7 cm³/mol. The Bertz CT molecular complexity index is 776. The van der Waals surface area contributed by atoms with E-state index < -0.39 is 0 Å². The third-order valence-electron chi connectivity index (χ3n) is 3.30. The molecule has 3 rings (SSSR count). The Hall–Kier alpha value is -2.21.